The molecule has 0 radical (unpaired) electrons. The Morgan fingerprint density at radius 3 is 2.32 bits per heavy atom. The SMILES string of the molecule is CN(C)CCCN1C(=O)C(=O)/C(=C(/O)c2ccc(F)cc2)[C@@H]1c1ccccc1. The van der Waals surface area contributed by atoms with Gasteiger partial charge in [0.05, 0.1) is 11.6 Å². The van der Waals surface area contributed by atoms with E-state index in [1.165, 1.54) is 29.2 Å². The molecule has 1 aliphatic heterocycles. The standard InChI is InChI=1S/C22H23FN2O3/c1-24(2)13-6-14-25-19(15-7-4-3-5-8-15)18(21(27)22(25)28)20(26)16-9-11-17(23)12-10-16/h3-5,7-12,19,26H,6,13-14H2,1-2H3/b20-18+/t19-/m0/s1. The molecule has 2 aromatic rings. The Bertz CT molecular complexity index is 892. The summed E-state index contributed by atoms with van der Waals surface area (Å²) in [5, 5.41) is 10.8. The van der Waals surface area contributed by atoms with E-state index in [0.717, 1.165) is 12.1 Å². The fourth-order valence-electron chi connectivity index (χ4n) is 3.41. The van der Waals surface area contributed by atoms with Crippen LogP contribution in [0, 0.1) is 5.82 Å². The average Bonchev–Trinajstić information content (AvgIpc) is 2.93. The van der Waals surface area contributed by atoms with Crippen LogP contribution in [0.4, 0.5) is 4.39 Å². The highest BCUT2D eigenvalue weighted by molar-refractivity contribution is 6.46. The Hall–Kier alpha value is -2.99. The van der Waals surface area contributed by atoms with Crippen molar-refractivity contribution in [3.63, 3.8) is 0 Å². The topological polar surface area (TPSA) is 60.9 Å². The van der Waals surface area contributed by atoms with E-state index < -0.39 is 23.5 Å². The van der Waals surface area contributed by atoms with Crippen LogP contribution in [0.25, 0.3) is 5.76 Å². The lowest BCUT2D eigenvalue weighted by Crippen LogP contribution is -2.32. The maximum absolute atomic E-state index is 13.2. The van der Waals surface area contributed by atoms with Crippen LogP contribution in [0.2, 0.25) is 0 Å². The molecule has 6 heteroatoms. The molecule has 2 aromatic carbocycles. The summed E-state index contributed by atoms with van der Waals surface area (Å²) in [6, 6.07) is 13.7. The van der Waals surface area contributed by atoms with Gasteiger partial charge in [-0.15, -0.1) is 0 Å². The number of halogens is 1. The molecule has 0 aliphatic carbocycles. The third kappa shape index (κ3) is 3.97. The van der Waals surface area contributed by atoms with Crippen molar-refractivity contribution in [2.24, 2.45) is 0 Å². The molecular weight excluding hydrogens is 359 g/mol. The normalized spacial score (nSPS) is 18.9. The zero-order chi connectivity index (χ0) is 20.3. The minimum absolute atomic E-state index is 0.0349. The average molecular weight is 382 g/mol. The van der Waals surface area contributed by atoms with Gasteiger partial charge < -0.3 is 14.9 Å². The number of aliphatic hydroxyl groups is 1. The Labute approximate surface area is 163 Å². The number of amides is 1. The Kier molecular flexibility index (Phi) is 5.90. The minimum Gasteiger partial charge on any atom is -0.507 e. The first kappa shape index (κ1) is 19.8. The quantitative estimate of drug-likeness (QED) is 0.474. The van der Waals surface area contributed by atoms with Crippen molar-refractivity contribution < 1.29 is 19.1 Å². The van der Waals surface area contributed by atoms with E-state index in [9.17, 15) is 19.1 Å². The molecule has 5 nitrogen and oxygen atoms in total. The van der Waals surface area contributed by atoms with E-state index in [4.69, 9.17) is 0 Å². The summed E-state index contributed by atoms with van der Waals surface area (Å²) in [4.78, 5) is 29.0. The van der Waals surface area contributed by atoms with E-state index in [0.29, 0.717) is 18.5 Å². The molecule has 0 bridgehead atoms. The molecule has 1 saturated heterocycles. The number of hydrogen-bond donors (Lipinski definition) is 1. The van der Waals surface area contributed by atoms with Crippen LogP contribution in [0.15, 0.2) is 60.2 Å². The highest BCUT2D eigenvalue weighted by atomic mass is 19.1. The lowest BCUT2D eigenvalue weighted by Gasteiger charge is -2.26. The summed E-state index contributed by atoms with van der Waals surface area (Å²) in [6.45, 7) is 1.16. The Morgan fingerprint density at radius 2 is 1.71 bits per heavy atom. The number of Topliss-reactive ketones (excluding diaryl/α,β-unsaturated/α-hetero) is 1. The lowest BCUT2D eigenvalue weighted by atomic mass is 9.95. The molecule has 1 heterocycles. The molecule has 0 unspecified atom stereocenters. The van der Waals surface area contributed by atoms with Crippen molar-refractivity contribution >= 4 is 17.4 Å². The molecule has 146 valence electrons. The van der Waals surface area contributed by atoms with Gasteiger partial charge in [-0.2, -0.15) is 0 Å². The van der Waals surface area contributed by atoms with Gasteiger partial charge in [0.15, 0.2) is 0 Å². The van der Waals surface area contributed by atoms with Crippen molar-refractivity contribution in [2.75, 3.05) is 27.2 Å². The third-order valence-electron chi connectivity index (χ3n) is 4.78. The van der Waals surface area contributed by atoms with E-state index in [2.05, 4.69) is 0 Å². The second-order valence-electron chi connectivity index (χ2n) is 7.07. The fourth-order valence-corrected chi connectivity index (χ4v) is 3.41. The van der Waals surface area contributed by atoms with Gasteiger partial charge in [0, 0.05) is 12.1 Å². The van der Waals surface area contributed by atoms with Crippen molar-refractivity contribution in [3.05, 3.63) is 77.1 Å². The first-order chi connectivity index (χ1) is 13.4. The molecular formula is C22H23FN2O3. The first-order valence-electron chi connectivity index (χ1n) is 9.14. The molecule has 28 heavy (non-hydrogen) atoms. The summed E-state index contributed by atoms with van der Waals surface area (Å²) in [5.74, 6) is -2.08. The van der Waals surface area contributed by atoms with Crippen LogP contribution in [0.5, 0.6) is 0 Å². The van der Waals surface area contributed by atoms with Gasteiger partial charge >= 0.3 is 0 Å². The molecule has 1 amide bonds. The number of benzene rings is 2. The molecule has 0 spiro atoms. The summed E-state index contributed by atoms with van der Waals surface area (Å²) >= 11 is 0. The second-order valence-corrected chi connectivity index (χ2v) is 7.07. The number of carbonyl (C=O) groups excluding carboxylic acids is 2. The lowest BCUT2D eigenvalue weighted by molar-refractivity contribution is -0.139. The number of aliphatic hydroxyl groups excluding tert-OH is 1. The van der Waals surface area contributed by atoms with Crippen LogP contribution in [0.3, 0.4) is 0 Å². The van der Waals surface area contributed by atoms with Gasteiger partial charge in [-0.1, -0.05) is 30.3 Å². The van der Waals surface area contributed by atoms with Crippen molar-refractivity contribution in [3.8, 4) is 0 Å². The first-order valence-corrected chi connectivity index (χ1v) is 9.14. The fraction of sp³-hybridized carbons (Fsp3) is 0.273. The molecule has 3 rings (SSSR count). The van der Waals surface area contributed by atoms with Crippen LogP contribution >= 0.6 is 0 Å². The summed E-state index contributed by atoms with van der Waals surface area (Å²) < 4.78 is 13.2. The number of rotatable bonds is 6. The number of likely N-dealkylation sites (tertiary alicyclic amines) is 1. The van der Waals surface area contributed by atoms with Crippen LogP contribution in [-0.4, -0.2) is 53.8 Å². The molecule has 1 aliphatic rings. The van der Waals surface area contributed by atoms with Gasteiger partial charge in [-0.3, -0.25) is 9.59 Å². The van der Waals surface area contributed by atoms with Gasteiger partial charge in [-0.05, 0) is 56.9 Å². The van der Waals surface area contributed by atoms with E-state index in [1.807, 2.05) is 49.3 Å². The van der Waals surface area contributed by atoms with Crippen molar-refractivity contribution in [1.82, 2.24) is 9.80 Å². The highest BCUT2D eigenvalue weighted by Crippen LogP contribution is 2.39. The Balaban J connectivity index is 2.06. The predicted molar refractivity (Wildman–Crippen MR) is 105 cm³/mol. The maximum atomic E-state index is 13.2. The Morgan fingerprint density at radius 1 is 1.07 bits per heavy atom. The zero-order valence-corrected chi connectivity index (χ0v) is 15.9. The summed E-state index contributed by atoms with van der Waals surface area (Å²) in [7, 11) is 3.88. The van der Waals surface area contributed by atoms with Crippen LogP contribution < -0.4 is 0 Å². The molecule has 1 atom stereocenters. The van der Waals surface area contributed by atoms with Gasteiger partial charge in [0.25, 0.3) is 11.7 Å². The predicted octanol–water partition coefficient (Wildman–Crippen LogP) is 3.20. The molecule has 0 aromatic heterocycles. The molecule has 1 fully saturated rings. The maximum Gasteiger partial charge on any atom is 0.295 e. The largest absolute Gasteiger partial charge is 0.507 e. The smallest absolute Gasteiger partial charge is 0.295 e. The number of carbonyl (C=O) groups is 2. The number of nitrogens with zero attached hydrogens (tertiary/aromatic N) is 2. The second kappa shape index (κ2) is 8.35. The summed E-state index contributed by atoms with van der Waals surface area (Å²) in [5.41, 5.74) is 1.08. The molecule has 1 N–H and O–H groups in total. The van der Waals surface area contributed by atoms with Gasteiger partial charge in [0.2, 0.25) is 0 Å². The monoisotopic (exact) mass is 382 g/mol. The van der Waals surface area contributed by atoms with Gasteiger partial charge in [-0.25, -0.2) is 4.39 Å². The van der Waals surface area contributed by atoms with Crippen molar-refractivity contribution in [2.45, 2.75) is 12.5 Å². The van der Waals surface area contributed by atoms with E-state index in [-0.39, 0.29) is 11.3 Å². The zero-order valence-electron chi connectivity index (χ0n) is 15.9. The van der Waals surface area contributed by atoms with Crippen LogP contribution in [-0.2, 0) is 9.59 Å². The van der Waals surface area contributed by atoms with E-state index in [1.54, 1.807) is 0 Å². The van der Waals surface area contributed by atoms with Gasteiger partial charge in [0.1, 0.15) is 11.6 Å². The van der Waals surface area contributed by atoms with Crippen LogP contribution in [0.1, 0.15) is 23.6 Å². The number of ketones is 1. The number of hydrogen-bond acceptors (Lipinski definition) is 4. The summed E-state index contributed by atoms with van der Waals surface area (Å²) in [6.07, 6.45) is 0.694. The van der Waals surface area contributed by atoms with Crippen molar-refractivity contribution in [1.29, 1.82) is 0 Å². The third-order valence-corrected chi connectivity index (χ3v) is 4.78. The molecule has 0 saturated carbocycles. The van der Waals surface area contributed by atoms with E-state index >= 15 is 0 Å². The highest BCUT2D eigenvalue weighted by Gasteiger charge is 2.45. The minimum atomic E-state index is -0.722.